The molecule has 2 saturated heterocycles. The van der Waals surface area contributed by atoms with Crippen molar-refractivity contribution in [2.75, 3.05) is 177 Å². The Balaban J connectivity index is 2.23. The average molecular weight is 916 g/mol. The van der Waals surface area contributed by atoms with Crippen LogP contribution >= 0.6 is 8.25 Å². The Bertz CT molecular complexity index is 1280. The second-order valence-electron chi connectivity index (χ2n) is 15.5. The Morgan fingerprint density at radius 2 is 0.613 bits per heavy atom. The third kappa shape index (κ3) is 26.2. The van der Waals surface area contributed by atoms with Gasteiger partial charge in [0.25, 0.3) is 0 Å². The molecule has 0 amide bonds. The molecule has 0 bridgehead atoms. The number of hydrogen-bond donors (Lipinski definition) is 9. The number of carbonyl (C=O) groups is 6. The third-order valence-electron chi connectivity index (χ3n) is 10.3. The Morgan fingerprint density at radius 3 is 0.790 bits per heavy atom. The number of hydrogen-bond acceptors (Lipinski definition) is 19. The van der Waals surface area contributed by atoms with Crippen molar-refractivity contribution in [3.05, 3.63) is 0 Å². The van der Waals surface area contributed by atoms with Gasteiger partial charge in [-0.3, -0.25) is 82.0 Å². The van der Waals surface area contributed by atoms with E-state index in [0.717, 1.165) is 0 Å². The van der Waals surface area contributed by atoms with Crippen molar-refractivity contribution in [1.29, 1.82) is 0 Å². The fourth-order valence-electron chi connectivity index (χ4n) is 7.25. The zero-order valence-corrected chi connectivity index (χ0v) is 36.1. The average Bonchev–Trinajstić information content (AvgIpc) is 3.14. The van der Waals surface area contributed by atoms with E-state index in [1.165, 1.54) is 4.90 Å². The highest BCUT2D eigenvalue weighted by atomic mass is 31.1. The number of carboxylic acid groups (broad SMARTS) is 6. The van der Waals surface area contributed by atoms with Gasteiger partial charge in [-0.15, -0.1) is 0 Å². The molecule has 62 heavy (non-hydrogen) atoms. The highest BCUT2D eigenvalue weighted by molar-refractivity contribution is 7.32. The van der Waals surface area contributed by atoms with E-state index < -0.39 is 63.0 Å². The van der Waals surface area contributed by atoms with Crippen LogP contribution in [-0.4, -0.2) is 315 Å². The van der Waals surface area contributed by atoms with E-state index in [0.29, 0.717) is 0 Å². The van der Waals surface area contributed by atoms with Crippen molar-refractivity contribution in [3.63, 3.8) is 0 Å². The lowest BCUT2D eigenvalue weighted by Gasteiger charge is -2.35. The van der Waals surface area contributed by atoms with Gasteiger partial charge in [-0.25, -0.2) is 0 Å². The van der Waals surface area contributed by atoms with Gasteiger partial charge in [0, 0.05) is 131 Å². The first kappa shape index (κ1) is 54.7. The molecule has 0 aromatic carbocycles. The molecule has 0 spiro atoms. The van der Waals surface area contributed by atoms with E-state index in [2.05, 4.69) is 0 Å². The standard InChI is InChI=1S/C35H66N9O17P/c45-28(17-36-1-5-38(21-30(47)48)9-13-42(25-34(55)56)14-10-39(6-2-36)22-31(49)50)19-44(27-61-62(59)60)20-29(46)18-37-3-7-40(23-32(51)52)11-15-43(26-35(57)58)16-12-41(8-4-37)24-33(53)54/h28-29,45-46,62H,1-27H2,(H,47,48)(H,49,50)(H,51,52)(H,53,54)(H,55,56)(H,57,58)(H,59,60). The zero-order chi connectivity index (χ0) is 46.2. The number of nitrogens with zero attached hydrogens (tertiary/aromatic N) is 9. The highest BCUT2D eigenvalue weighted by Gasteiger charge is 2.26. The van der Waals surface area contributed by atoms with Crippen molar-refractivity contribution < 1.29 is 83.6 Å². The quantitative estimate of drug-likeness (QED) is 0.0341. The lowest BCUT2D eigenvalue weighted by atomic mass is 10.2. The molecule has 0 aromatic heterocycles. The molecule has 0 saturated carbocycles. The zero-order valence-electron chi connectivity index (χ0n) is 35.1. The second-order valence-corrected chi connectivity index (χ2v) is 16.3. The minimum Gasteiger partial charge on any atom is -0.480 e. The second kappa shape index (κ2) is 29.8. The van der Waals surface area contributed by atoms with Crippen molar-refractivity contribution >= 4 is 44.1 Å². The number of aliphatic carboxylic acids is 6. The summed E-state index contributed by atoms with van der Waals surface area (Å²) in [5, 5.41) is 79.7. The fraction of sp³-hybridized carbons (Fsp3) is 0.829. The van der Waals surface area contributed by atoms with Crippen molar-refractivity contribution in [2.45, 2.75) is 12.2 Å². The van der Waals surface area contributed by atoms with Crippen molar-refractivity contribution in [3.8, 4) is 0 Å². The van der Waals surface area contributed by atoms with Crippen LogP contribution in [0.1, 0.15) is 0 Å². The molecular weight excluding hydrogens is 849 g/mol. The van der Waals surface area contributed by atoms with E-state index in [9.17, 15) is 79.1 Å². The summed E-state index contributed by atoms with van der Waals surface area (Å²) in [5.74, 6) is -6.53. The number of aliphatic hydroxyl groups excluding tert-OH is 2. The first-order valence-corrected chi connectivity index (χ1v) is 21.6. The van der Waals surface area contributed by atoms with Crippen LogP contribution in [-0.2, 0) is 37.9 Å². The largest absolute Gasteiger partial charge is 0.480 e. The Morgan fingerprint density at radius 1 is 0.419 bits per heavy atom. The summed E-state index contributed by atoms with van der Waals surface area (Å²) in [6, 6.07) is 0. The summed E-state index contributed by atoms with van der Waals surface area (Å²) in [5.41, 5.74) is 0. The molecule has 3 unspecified atom stereocenters. The van der Waals surface area contributed by atoms with Gasteiger partial charge in [0.1, 0.15) is 6.73 Å². The van der Waals surface area contributed by atoms with E-state index in [4.69, 9.17) is 4.52 Å². The molecule has 2 fully saturated rings. The molecule has 2 aliphatic rings. The predicted molar refractivity (Wildman–Crippen MR) is 218 cm³/mol. The summed E-state index contributed by atoms with van der Waals surface area (Å²) in [7, 11) is -3.44. The molecule has 2 aliphatic heterocycles. The number of rotatable bonds is 23. The molecule has 0 radical (unpaired) electrons. The number of aliphatic hydroxyl groups is 2. The molecule has 358 valence electrons. The number of carboxylic acids is 6. The van der Waals surface area contributed by atoms with E-state index >= 15 is 0 Å². The summed E-state index contributed by atoms with van der Waals surface area (Å²) < 4.78 is 16.6. The maximum atomic E-state index is 11.7. The first-order chi connectivity index (χ1) is 29.3. The van der Waals surface area contributed by atoms with Crippen LogP contribution in [0, 0.1) is 0 Å². The summed E-state index contributed by atoms with van der Waals surface area (Å²) >= 11 is 0. The topological polar surface area (TPSA) is 340 Å². The van der Waals surface area contributed by atoms with Crippen molar-refractivity contribution in [2.24, 2.45) is 0 Å². The van der Waals surface area contributed by atoms with Crippen LogP contribution in [0.25, 0.3) is 0 Å². The third-order valence-corrected chi connectivity index (χ3v) is 10.6. The summed E-state index contributed by atoms with van der Waals surface area (Å²) in [6.45, 7) is 0.656. The van der Waals surface area contributed by atoms with Crippen LogP contribution in [0.15, 0.2) is 0 Å². The highest BCUT2D eigenvalue weighted by Crippen LogP contribution is 2.15. The van der Waals surface area contributed by atoms with Crippen LogP contribution in [0.2, 0.25) is 0 Å². The van der Waals surface area contributed by atoms with Gasteiger partial charge in [-0.1, -0.05) is 0 Å². The van der Waals surface area contributed by atoms with Crippen molar-refractivity contribution in [1.82, 2.24) is 44.1 Å². The molecule has 3 atom stereocenters. The molecule has 0 aliphatic carbocycles. The molecule has 9 N–H and O–H groups in total. The van der Waals surface area contributed by atoms with Gasteiger partial charge < -0.3 is 45.7 Å². The molecule has 2 heterocycles. The molecule has 2 rings (SSSR count). The van der Waals surface area contributed by atoms with E-state index in [1.807, 2.05) is 9.80 Å². The van der Waals surface area contributed by atoms with Gasteiger partial charge in [0.05, 0.1) is 51.5 Å². The fourth-order valence-corrected chi connectivity index (χ4v) is 7.55. The smallest absolute Gasteiger partial charge is 0.317 e. The van der Waals surface area contributed by atoms with Gasteiger partial charge in [0.15, 0.2) is 0 Å². The first-order valence-electron chi connectivity index (χ1n) is 20.3. The Kier molecular flexibility index (Phi) is 26.3. The van der Waals surface area contributed by atoms with Gasteiger partial charge in [-0.2, -0.15) is 0 Å². The Labute approximate surface area is 360 Å². The SMILES string of the molecule is O=C(O)CN1CCN(CC(=O)O)CCN(CC(O)CN(CO[PH](=O)O)CC(O)CN2CCN(CC(=O)O)CCN(CC(=O)O)CCN(CC(=O)O)CC2)CCN(CC(=O)O)CC1. The normalized spacial score (nSPS) is 20.8. The maximum absolute atomic E-state index is 11.7. The molecule has 26 nitrogen and oxygen atoms in total. The van der Waals surface area contributed by atoms with Crippen LogP contribution in [0.4, 0.5) is 0 Å². The van der Waals surface area contributed by atoms with Crippen LogP contribution < -0.4 is 0 Å². The van der Waals surface area contributed by atoms with Gasteiger partial charge in [-0.05, 0) is 0 Å². The van der Waals surface area contributed by atoms with Gasteiger partial charge in [0.2, 0.25) is 0 Å². The van der Waals surface area contributed by atoms with E-state index in [-0.39, 0.29) is 170 Å². The summed E-state index contributed by atoms with van der Waals surface area (Å²) in [4.78, 5) is 94.0. The lowest BCUT2D eigenvalue weighted by molar-refractivity contribution is -0.140. The predicted octanol–water partition coefficient (Wildman–Crippen LogP) is -5.68. The van der Waals surface area contributed by atoms with Gasteiger partial charge >= 0.3 is 44.1 Å². The molecular formula is C35H66N9O17P. The monoisotopic (exact) mass is 915 g/mol. The van der Waals surface area contributed by atoms with E-state index in [1.54, 1.807) is 29.4 Å². The minimum atomic E-state index is -3.44. The maximum Gasteiger partial charge on any atom is 0.317 e. The lowest BCUT2D eigenvalue weighted by Crippen LogP contribution is -2.51. The molecule has 0 aromatic rings. The summed E-state index contributed by atoms with van der Waals surface area (Å²) in [6.07, 6.45) is -2.33. The van der Waals surface area contributed by atoms with Crippen LogP contribution in [0.5, 0.6) is 0 Å². The minimum absolute atomic E-state index is 0.0112. The van der Waals surface area contributed by atoms with Crippen LogP contribution in [0.3, 0.4) is 0 Å². The Hall–Kier alpha value is -3.47. The number of β-amino-alcohol motifs (C(OH)–C–C–N with tert-alkyl or cyclic N) is 2. The molecule has 27 heteroatoms.